The zero-order valence-electron chi connectivity index (χ0n) is 18.5. The first kappa shape index (κ1) is 23.5. The quantitative estimate of drug-likeness (QED) is 0.175. The van der Waals surface area contributed by atoms with Crippen LogP contribution in [-0.4, -0.2) is 34.0 Å². The molecule has 0 saturated heterocycles. The average Bonchev–Trinajstić information content (AvgIpc) is 2.87. The van der Waals surface area contributed by atoms with Gasteiger partial charge in [-0.2, -0.15) is 5.10 Å². The maximum absolute atomic E-state index is 13.2. The van der Waals surface area contributed by atoms with E-state index in [0.717, 1.165) is 17.3 Å². The van der Waals surface area contributed by atoms with Gasteiger partial charge in [-0.15, -0.1) is 0 Å². The first-order valence-corrected chi connectivity index (χ1v) is 11.7. The van der Waals surface area contributed by atoms with Crippen molar-refractivity contribution in [2.45, 2.75) is 12.1 Å². The summed E-state index contributed by atoms with van der Waals surface area (Å²) in [4.78, 5) is 30.4. The highest BCUT2D eigenvalue weighted by atomic mass is 35.5. The molecule has 0 aliphatic heterocycles. The molecule has 0 radical (unpaired) electrons. The van der Waals surface area contributed by atoms with E-state index in [0.29, 0.717) is 38.2 Å². The van der Waals surface area contributed by atoms with E-state index in [1.54, 1.807) is 56.5 Å². The maximum Gasteiger partial charge on any atom is 0.266 e. The van der Waals surface area contributed by atoms with Crippen LogP contribution in [0.1, 0.15) is 12.5 Å². The lowest BCUT2D eigenvalue weighted by molar-refractivity contribution is -0.118. The number of hydrogen-bond acceptors (Lipinski definition) is 6. The maximum atomic E-state index is 13.2. The summed E-state index contributed by atoms with van der Waals surface area (Å²) >= 11 is 7.17. The van der Waals surface area contributed by atoms with Crippen LogP contribution in [0, 0.1) is 0 Å². The molecule has 0 aliphatic rings. The molecule has 7 nitrogen and oxygen atoms in total. The largest absolute Gasteiger partial charge is 0.497 e. The lowest BCUT2D eigenvalue weighted by atomic mass is 10.1. The van der Waals surface area contributed by atoms with E-state index < -0.39 is 0 Å². The van der Waals surface area contributed by atoms with E-state index in [9.17, 15) is 9.59 Å². The van der Waals surface area contributed by atoms with Gasteiger partial charge in [-0.1, -0.05) is 47.6 Å². The highest BCUT2D eigenvalue weighted by molar-refractivity contribution is 7.99. The summed E-state index contributed by atoms with van der Waals surface area (Å²) in [7, 11) is 1.59. The van der Waals surface area contributed by atoms with Crippen LogP contribution in [0.5, 0.6) is 5.75 Å². The van der Waals surface area contributed by atoms with Crippen molar-refractivity contribution in [1.29, 1.82) is 0 Å². The van der Waals surface area contributed by atoms with Crippen molar-refractivity contribution in [3.05, 3.63) is 93.7 Å². The number of carbonyl (C=O) groups is 1. The molecule has 1 N–H and O–H groups in total. The fraction of sp³-hybridized carbons (Fsp3) is 0.120. The summed E-state index contributed by atoms with van der Waals surface area (Å²) in [6.07, 6.45) is 0. The Bertz CT molecular complexity index is 1430. The fourth-order valence-electron chi connectivity index (χ4n) is 3.25. The SMILES string of the molecule is COc1cccc(/C(C)=N\NC(=O)CSc2nc3ccccc3c(=O)n2-c2ccc(Cl)cc2)c1. The Morgan fingerprint density at radius 3 is 2.65 bits per heavy atom. The number of carbonyl (C=O) groups excluding carboxylic acids is 1. The first-order valence-electron chi connectivity index (χ1n) is 10.3. The third-order valence-corrected chi connectivity index (χ3v) is 6.19. The molecule has 1 aromatic heterocycles. The number of fused-ring (bicyclic) bond motifs is 1. The molecule has 1 heterocycles. The second-order valence-corrected chi connectivity index (χ2v) is 8.66. The van der Waals surface area contributed by atoms with Crippen molar-refractivity contribution >= 4 is 45.9 Å². The Labute approximate surface area is 205 Å². The van der Waals surface area contributed by atoms with Gasteiger partial charge >= 0.3 is 0 Å². The summed E-state index contributed by atoms with van der Waals surface area (Å²) in [6, 6.07) is 21.4. The molecule has 34 heavy (non-hydrogen) atoms. The first-order chi connectivity index (χ1) is 16.5. The molecule has 4 rings (SSSR count). The average molecular weight is 493 g/mol. The van der Waals surface area contributed by atoms with Gasteiger partial charge in [0.2, 0.25) is 0 Å². The van der Waals surface area contributed by atoms with Crippen LogP contribution in [0.25, 0.3) is 16.6 Å². The summed E-state index contributed by atoms with van der Waals surface area (Å²) < 4.78 is 6.71. The second-order valence-electron chi connectivity index (χ2n) is 7.28. The van der Waals surface area contributed by atoms with Gasteiger partial charge < -0.3 is 4.74 Å². The van der Waals surface area contributed by atoms with Crippen LogP contribution in [0.2, 0.25) is 5.02 Å². The highest BCUT2D eigenvalue weighted by Gasteiger charge is 2.15. The molecule has 3 aromatic carbocycles. The minimum Gasteiger partial charge on any atom is -0.497 e. The summed E-state index contributed by atoms with van der Waals surface area (Å²) in [5.74, 6) is 0.404. The number of hydrazone groups is 1. The molecule has 0 fully saturated rings. The number of rotatable bonds is 7. The van der Waals surface area contributed by atoms with Crippen LogP contribution >= 0.6 is 23.4 Å². The van der Waals surface area contributed by atoms with Crippen molar-refractivity contribution < 1.29 is 9.53 Å². The number of hydrogen-bond donors (Lipinski definition) is 1. The van der Waals surface area contributed by atoms with Crippen LogP contribution < -0.4 is 15.7 Å². The number of thioether (sulfide) groups is 1. The number of methoxy groups -OCH3 is 1. The standard InChI is InChI=1S/C25H21ClN4O3S/c1-16(17-6-5-7-20(14-17)33-2)28-29-23(31)15-34-25-27-22-9-4-3-8-21(22)24(32)30(25)19-12-10-18(26)11-13-19/h3-14H,15H2,1-2H3,(H,29,31)/b28-16-. The third-order valence-electron chi connectivity index (χ3n) is 5.00. The lowest BCUT2D eigenvalue weighted by Crippen LogP contribution is -2.24. The Balaban J connectivity index is 1.56. The van der Waals surface area contributed by atoms with Gasteiger partial charge in [0, 0.05) is 10.6 Å². The second kappa shape index (κ2) is 10.5. The number of ether oxygens (including phenoxy) is 1. The molecule has 0 bridgehead atoms. The predicted molar refractivity (Wildman–Crippen MR) is 136 cm³/mol. The molecule has 0 atom stereocenters. The van der Waals surface area contributed by atoms with Crippen LogP contribution in [0.15, 0.2) is 87.8 Å². The van der Waals surface area contributed by atoms with Crippen LogP contribution in [-0.2, 0) is 4.79 Å². The highest BCUT2D eigenvalue weighted by Crippen LogP contribution is 2.22. The van der Waals surface area contributed by atoms with E-state index >= 15 is 0 Å². The van der Waals surface area contributed by atoms with Crippen molar-refractivity contribution in [1.82, 2.24) is 15.0 Å². The van der Waals surface area contributed by atoms with Gasteiger partial charge in [0.1, 0.15) is 5.75 Å². The zero-order valence-corrected chi connectivity index (χ0v) is 20.1. The molecular weight excluding hydrogens is 472 g/mol. The molecule has 172 valence electrons. The van der Waals surface area contributed by atoms with Crippen molar-refractivity contribution in [3.63, 3.8) is 0 Å². The van der Waals surface area contributed by atoms with E-state index in [4.69, 9.17) is 16.3 Å². The summed E-state index contributed by atoms with van der Waals surface area (Å²) in [6.45, 7) is 1.80. The Morgan fingerprint density at radius 1 is 1.12 bits per heavy atom. The number of benzene rings is 3. The van der Waals surface area contributed by atoms with E-state index in [2.05, 4.69) is 15.5 Å². The normalized spacial score (nSPS) is 11.4. The van der Waals surface area contributed by atoms with E-state index in [1.807, 2.05) is 30.3 Å². The fourth-order valence-corrected chi connectivity index (χ4v) is 4.18. The third kappa shape index (κ3) is 5.30. The Hall–Kier alpha value is -3.62. The van der Waals surface area contributed by atoms with Crippen molar-refractivity contribution in [3.8, 4) is 11.4 Å². The molecule has 0 spiro atoms. The Morgan fingerprint density at radius 2 is 1.88 bits per heavy atom. The smallest absolute Gasteiger partial charge is 0.266 e. The molecule has 9 heteroatoms. The topological polar surface area (TPSA) is 85.6 Å². The zero-order chi connectivity index (χ0) is 24.1. The van der Waals surface area contributed by atoms with Crippen LogP contribution in [0.3, 0.4) is 0 Å². The van der Waals surface area contributed by atoms with Gasteiger partial charge in [-0.3, -0.25) is 14.2 Å². The van der Waals surface area contributed by atoms with Gasteiger partial charge in [0.05, 0.1) is 35.2 Å². The van der Waals surface area contributed by atoms with Crippen LogP contribution in [0.4, 0.5) is 0 Å². The minimum atomic E-state index is -0.322. The number of aromatic nitrogens is 2. The molecule has 0 saturated carbocycles. The molecule has 1 amide bonds. The van der Waals surface area contributed by atoms with Gasteiger partial charge in [0.15, 0.2) is 5.16 Å². The number of nitrogens with one attached hydrogen (secondary N) is 1. The van der Waals surface area contributed by atoms with Crippen molar-refractivity contribution in [2.75, 3.05) is 12.9 Å². The summed E-state index contributed by atoms with van der Waals surface area (Å²) in [5, 5.41) is 5.63. The van der Waals surface area contributed by atoms with Gasteiger partial charge in [-0.25, -0.2) is 10.4 Å². The predicted octanol–water partition coefficient (Wildman–Crippen LogP) is 4.68. The number of nitrogens with zero attached hydrogens (tertiary/aromatic N) is 3. The van der Waals surface area contributed by atoms with Gasteiger partial charge in [0.25, 0.3) is 11.5 Å². The minimum absolute atomic E-state index is 0.0211. The number of amides is 1. The molecule has 0 aliphatic carbocycles. The van der Waals surface area contributed by atoms with Crippen molar-refractivity contribution in [2.24, 2.45) is 5.10 Å². The monoisotopic (exact) mass is 492 g/mol. The Kier molecular flexibility index (Phi) is 7.30. The summed E-state index contributed by atoms with van der Waals surface area (Å²) in [5.41, 5.74) is 4.99. The van der Waals surface area contributed by atoms with Gasteiger partial charge in [-0.05, 0) is 55.5 Å². The molecular formula is C25H21ClN4O3S. The van der Waals surface area contributed by atoms with E-state index in [1.165, 1.54) is 4.57 Å². The molecule has 0 unspecified atom stereocenters. The lowest BCUT2D eigenvalue weighted by Gasteiger charge is -2.13. The number of halogens is 1. The van der Waals surface area contributed by atoms with E-state index in [-0.39, 0.29) is 17.2 Å². The number of para-hydroxylation sites is 1. The molecule has 4 aromatic rings.